The predicted octanol–water partition coefficient (Wildman–Crippen LogP) is 2.31. The second kappa shape index (κ2) is 10.1. The van der Waals surface area contributed by atoms with E-state index in [0.29, 0.717) is 5.41 Å². The molecule has 2 heterocycles. The van der Waals surface area contributed by atoms with Gasteiger partial charge < -0.3 is 19.9 Å². The Labute approximate surface area is 163 Å². The van der Waals surface area contributed by atoms with Crippen LogP contribution in [0.4, 0.5) is 0 Å². The summed E-state index contributed by atoms with van der Waals surface area (Å²) >= 11 is 0. The van der Waals surface area contributed by atoms with Crippen LogP contribution in [0.2, 0.25) is 0 Å². The summed E-state index contributed by atoms with van der Waals surface area (Å²) in [5.74, 6) is 3.18. The van der Waals surface area contributed by atoms with Crippen LogP contribution >= 0.6 is 0 Å². The molecule has 1 fully saturated rings. The van der Waals surface area contributed by atoms with Crippen molar-refractivity contribution in [3.8, 4) is 0 Å². The molecule has 0 atom stereocenters. The molecule has 7 heteroatoms. The number of nitrogens with zero attached hydrogens (tertiary/aromatic N) is 4. The van der Waals surface area contributed by atoms with Crippen molar-refractivity contribution in [2.75, 3.05) is 33.4 Å². The van der Waals surface area contributed by atoms with E-state index in [0.717, 1.165) is 69.7 Å². The van der Waals surface area contributed by atoms with E-state index in [1.54, 1.807) is 7.11 Å². The first-order valence-corrected chi connectivity index (χ1v) is 10.7. The molecule has 152 valence electrons. The highest BCUT2D eigenvalue weighted by Crippen LogP contribution is 2.44. The summed E-state index contributed by atoms with van der Waals surface area (Å²) in [6, 6.07) is 0. The largest absolute Gasteiger partial charge is 0.385 e. The fourth-order valence-electron chi connectivity index (χ4n) is 4.09. The van der Waals surface area contributed by atoms with Gasteiger partial charge in [0.15, 0.2) is 5.96 Å². The fraction of sp³-hybridized carbons (Fsp3) is 0.850. The topological polar surface area (TPSA) is 76.4 Å². The lowest BCUT2D eigenvalue weighted by Gasteiger charge is -2.40. The van der Waals surface area contributed by atoms with Crippen LogP contribution in [0.15, 0.2) is 4.99 Å². The molecular formula is C20H36N6O. The van der Waals surface area contributed by atoms with Crippen LogP contribution in [0.1, 0.15) is 63.5 Å². The Bertz CT molecular complexity index is 608. The lowest BCUT2D eigenvalue weighted by atomic mass is 9.67. The quantitative estimate of drug-likeness (QED) is 0.511. The molecule has 27 heavy (non-hydrogen) atoms. The van der Waals surface area contributed by atoms with Crippen LogP contribution in [-0.2, 0) is 24.1 Å². The zero-order valence-electron chi connectivity index (χ0n) is 17.1. The summed E-state index contributed by atoms with van der Waals surface area (Å²) in [6.07, 6.45) is 10.7. The number of rotatable bonds is 9. The number of aromatic nitrogens is 3. The minimum absolute atomic E-state index is 0.350. The van der Waals surface area contributed by atoms with Crippen LogP contribution < -0.4 is 10.6 Å². The van der Waals surface area contributed by atoms with Gasteiger partial charge in [0.05, 0.1) is 0 Å². The Morgan fingerprint density at radius 3 is 2.81 bits per heavy atom. The molecule has 1 saturated carbocycles. The molecule has 2 aliphatic rings. The van der Waals surface area contributed by atoms with Crippen molar-refractivity contribution in [1.29, 1.82) is 0 Å². The highest BCUT2D eigenvalue weighted by atomic mass is 16.5. The van der Waals surface area contributed by atoms with Crippen molar-refractivity contribution < 1.29 is 4.74 Å². The second-order valence-electron chi connectivity index (χ2n) is 7.96. The van der Waals surface area contributed by atoms with Crippen LogP contribution in [0.25, 0.3) is 0 Å². The Morgan fingerprint density at radius 2 is 2.07 bits per heavy atom. The van der Waals surface area contributed by atoms with E-state index in [1.165, 1.54) is 38.5 Å². The van der Waals surface area contributed by atoms with Crippen molar-refractivity contribution in [3.05, 3.63) is 11.6 Å². The molecule has 0 unspecified atom stereocenters. The molecule has 3 rings (SSSR count). The number of hydrogen-bond donors (Lipinski definition) is 2. The van der Waals surface area contributed by atoms with Crippen molar-refractivity contribution in [2.45, 2.75) is 71.3 Å². The van der Waals surface area contributed by atoms with Gasteiger partial charge in [-0.15, -0.1) is 10.2 Å². The van der Waals surface area contributed by atoms with Gasteiger partial charge >= 0.3 is 0 Å². The fourth-order valence-corrected chi connectivity index (χ4v) is 4.09. The van der Waals surface area contributed by atoms with E-state index in [9.17, 15) is 0 Å². The molecule has 0 bridgehead atoms. The average Bonchev–Trinajstić information content (AvgIpc) is 2.87. The Kier molecular flexibility index (Phi) is 7.50. The van der Waals surface area contributed by atoms with Crippen LogP contribution in [0, 0.1) is 5.41 Å². The number of aryl methyl sites for hydroxylation is 1. The zero-order valence-corrected chi connectivity index (χ0v) is 17.1. The SMILES string of the molecule is CCNC(=NCC1(CCOC)CCC1)NCCc1nnc2n1CCCCC2. The Balaban J connectivity index is 1.52. The summed E-state index contributed by atoms with van der Waals surface area (Å²) in [4.78, 5) is 4.88. The zero-order chi connectivity index (χ0) is 19.0. The van der Waals surface area contributed by atoms with Gasteiger partial charge in [-0.05, 0) is 44.4 Å². The number of hydrogen-bond acceptors (Lipinski definition) is 4. The van der Waals surface area contributed by atoms with Crippen molar-refractivity contribution >= 4 is 5.96 Å². The molecule has 1 aromatic rings. The van der Waals surface area contributed by atoms with Gasteiger partial charge in [0, 0.05) is 52.7 Å². The molecule has 0 spiro atoms. The molecule has 0 saturated heterocycles. The summed E-state index contributed by atoms with van der Waals surface area (Å²) in [5.41, 5.74) is 0.350. The average molecular weight is 377 g/mol. The number of aliphatic imine (C=N–C) groups is 1. The van der Waals surface area contributed by atoms with E-state index in [2.05, 4.69) is 32.3 Å². The highest BCUT2D eigenvalue weighted by molar-refractivity contribution is 5.79. The van der Waals surface area contributed by atoms with E-state index >= 15 is 0 Å². The summed E-state index contributed by atoms with van der Waals surface area (Å²) < 4.78 is 7.62. The third-order valence-corrected chi connectivity index (χ3v) is 5.99. The van der Waals surface area contributed by atoms with Crippen LogP contribution in [-0.4, -0.2) is 54.1 Å². The summed E-state index contributed by atoms with van der Waals surface area (Å²) in [7, 11) is 1.78. The minimum atomic E-state index is 0.350. The molecule has 2 N–H and O–H groups in total. The number of fused-ring (bicyclic) bond motifs is 1. The monoisotopic (exact) mass is 376 g/mol. The Hall–Kier alpha value is -1.63. The molecular weight excluding hydrogens is 340 g/mol. The summed E-state index contributed by atoms with van der Waals surface area (Å²) in [5, 5.41) is 15.7. The van der Waals surface area contributed by atoms with Crippen LogP contribution in [0.3, 0.4) is 0 Å². The summed E-state index contributed by atoms with van der Waals surface area (Å²) in [6.45, 7) is 6.59. The van der Waals surface area contributed by atoms with Crippen molar-refractivity contribution in [2.24, 2.45) is 10.4 Å². The number of ether oxygens (including phenoxy) is 1. The first-order chi connectivity index (χ1) is 13.3. The molecule has 1 aromatic heterocycles. The molecule has 7 nitrogen and oxygen atoms in total. The third kappa shape index (κ3) is 5.43. The smallest absolute Gasteiger partial charge is 0.191 e. The molecule has 1 aliphatic carbocycles. The van der Waals surface area contributed by atoms with Gasteiger partial charge in [0.2, 0.25) is 0 Å². The third-order valence-electron chi connectivity index (χ3n) is 5.99. The molecule has 1 aliphatic heterocycles. The minimum Gasteiger partial charge on any atom is -0.385 e. The second-order valence-corrected chi connectivity index (χ2v) is 7.96. The normalized spacial score (nSPS) is 19.1. The molecule has 0 radical (unpaired) electrons. The standard InChI is InChI=1S/C20H36N6O/c1-3-21-19(23-16-20(10-7-11-20)12-15-27-2)22-13-9-18-25-24-17-8-5-4-6-14-26(17)18/h3-16H2,1-2H3,(H2,21,22,23). The predicted molar refractivity (Wildman–Crippen MR) is 108 cm³/mol. The Morgan fingerprint density at radius 1 is 1.19 bits per heavy atom. The van der Waals surface area contributed by atoms with Gasteiger partial charge in [-0.2, -0.15) is 0 Å². The van der Waals surface area contributed by atoms with E-state index in [1.807, 2.05) is 0 Å². The highest BCUT2D eigenvalue weighted by Gasteiger charge is 2.36. The first kappa shape index (κ1) is 20.1. The maximum atomic E-state index is 5.29. The number of nitrogens with one attached hydrogen (secondary N) is 2. The van der Waals surface area contributed by atoms with Gasteiger partial charge in [-0.1, -0.05) is 12.8 Å². The maximum Gasteiger partial charge on any atom is 0.191 e. The lowest BCUT2D eigenvalue weighted by Crippen LogP contribution is -2.41. The van der Waals surface area contributed by atoms with Crippen molar-refractivity contribution in [1.82, 2.24) is 25.4 Å². The van der Waals surface area contributed by atoms with Crippen molar-refractivity contribution in [3.63, 3.8) is 0 Å². The van der Waals surface area contributed by atoms with E-state index < -0.39 is 0 Å². The molecule has 0 aromatic carbocycles. The van der Waals surface area contributed by atoms with Gasteiger partial charge in [0.1, 0.15) is 11.6 Å². The number of guanidine groups is 1. The van der Waals surface area contributed by atoms with E-state index in [4.69, 9.17) is 9.73 Å². The first-order valence-electron chi connectivity index (χ1n) is 10.7. The van der Waals surface area contributed by atoms with Crippen LogP contribution in [0.5, 0.6) is 0 Å². The van der Waals surface area contributed by atoms with E-state index in [-0.39, 0.29) is 0 Å². The lowest BCUT2D eigenvalue weighted by molar-refractivity contribution is 0.0778. The van der Waals surface area contributed by atoms with Gasteiger partial charge in [0.25, 0.3) is 0 Å². The number of methoxy groups -OCH3 is 1. The van der Waals surface area contributed by atoms with Gasteiger partial charge in [-0.25, -0.2) is 0 Å². The molecule has 0 amide bonds. The maximum absolute atomic E-state index is 5.29. The van der Waals surface area contributed by atoms with Gasteiger partial charge in [-0.3, -0.25) is 4.99 Å².